The van der Waals surface area contributed by atoms with Crippen LogP contribution in [0.2, 0.25) is 0 Å². The summed E-state index contributed by atoms with van der Waals surface area (Å²) in [7, 11) is 1.61. The Kier molecular flexibility index (Phi) is 6.46. The van der Waals surface area contributed by atoms with Gasteiger partial charge in [-0.25, -0.2) is 4.39 Å². The van der Waals surface area contributed by atoms with Crippen LogP contribution in [0.5, 0.6) is 5.75 Å². The lowest BCUT2D eigenvalue weighted by molar-refractivity contribution is 0.170. The van der Waals surface area contributed by atoms with Gasteiger partial charge < -0.3 is 9.47 Å². The van der Waals surface area contributed by atoms with E-state index in [4.69, 9.17) is 21.1 Å². The van der Waals surface area contributed by atoms with E-state index in [2.05, 4.69) is 11.8 Å². The fraction of sp³-hybridized carbons (Fsp3) is 0.385. The molecule has 0 radical (unpaired) electrons. The van der Waals surface area contributed by atoms with Crippen molar-refractivity contribution in [2.24, 2.45) is 0 Å². The molecular formula is C13H14ClFO2. The fourth-order valence-electron chi connectivity index (χ4n) is 1.21. The first-order valence-electron chi connectivity index (χ1n) is 5.24. The number of halogens is 2. The first-order chi connectivity index (χ1) is 8.27. The monoisotopic (exact) mass is 256 g/mol. The van der Waals surface area contributed by atoms with Crippen LogP contribution in [0.1, 0.15) is 12.0 Å². The Bertz CT molecular complexity index is 410. The number of hydrogen-bond donors (Lipinski definition) is 0. The van der Waals surface area contributed by atoms with E-state index >= 15 is 0 Å². The maximum atomic E-state index is 13.4. The molecule has 0 saturated heterocycles. The summed E-state index contributed by atoms with van der Waals surface area (Å²) in [6, 6.07) is 4.50. The average Bonchev–Trinajstić information content (AvgIpc) is 2.35. The van der Waals surface area contributed by atoms with E-state index in [-0.39, 0.29) is 17.4 Å². The lowest BCUT2D eigenvalue weighted by Crippen LogP contribution is -2.02. The molecule has 0 fully saturated rings. The van der Waals surface area contributed by atoms with Gasteiger partial charge in [0.1, 0.15) is 0 Å². The smallest absolute Gasteiger partial charge is 0.165 e. The zero-order valence-corrected chi connectivity index (χ0v) is 10.4. The summed E-state index contributed by atoms with van der Waals surface area (Å²) in [6.07, 6.45) is 0.716. The number of hydrogen-bond acceptors (Lipinski definition) is 2. The van der Waals surface area contributed by atoms with Gasteiger partial charge >= 0.3 is 0 Å². The van der Waals surface area contributed by atoms with E-state index < -0.39 is 0 Å². The lowest BCUT2D eigenvalue weighted by atomic mass is 10.2. The first kappa shape index (κ1) is 13.8. The van der Waals surface area contributed by atoms with Crippen LogP contribution in [-0.4, -0.2) is 26.2 Å². The van der Waals surface area contributed by atoms with Crippen molar-refractivity contribution in [1.29, 1.82) is 0 Å². The van der Waals surface area contributed by atoms with Gasteiger partial charge in [-0.2, -0.15) is 0 Å². The number of alkyl halides is 1. The van der Waals surface area contributed by atoms with Crippen LogP contribution in [0.3, 0.4) is 0 Å². The molecule has 0 spiro atoms. The number of benzene rings is 1. The van der Waals surface area contributed by atoms with Gasteiger partial charge in [0.05, 0.1) is 12.5 Å². The Morgan fingerprint density at radius 1 is 1.35 bits per heavy atom. The van der Waals surface area contributed by atoms with Gasteiger partial charge in [-0.1, -0.05) is 11.8 Å². The highest BCUT2D eigenvalue weighted by atomic mass is 35.5. The van der Waals surface area contributed by atoms with Gasteiger partial charge in [-0.05, 0) is 18.2 Å². The third-order valence-corrected chi connectivity index (χ3v) is 2.11. The molecule has 1 aromatic carbocycles. The molecular weight excluding hydrogens is 243 g/mol. The first-order valence-corrected chi connectivity index (χ1v) is 5.77. The van der Waals surface area contributed by atoms with Crippen molar-refractivity contribution in [1.82, 2.24) is 0 Å². The fourth-order valence-corrected chi connectivity index (χ4v) is 1.28. The highest BCUT2D eigenvalue weighted by molar-refractivity contribution is 6.19. The van der Waals surface area contributed by atoms with E-state index in [1.165, 1.54) is 6.07 Å². The van der Waals surface area contributed by atoms with Crippen molar-refractivity contribution >= 4 is 11.6 Å². The molecule has 17 heavy (non-hydrogen) atoms. The minimum absolute atomic E-state index is 0.211. The minimum atomic E-state index is -0.390. The van der Waals surface area contributed by atoms with Crippen molar-refractivity contribution in [3.05, 3.63) is 29.6 Å². The van der Waals surface area contributed by atoms with Crippen LogP contribution in [0, 0.1) is 17.7 Å². The number of ether oxygens (including phenoxy) is 2. The highest BCUT2D eigenvalue weighted by Crippen LogP contribution is 2.18. The molecule has 1 rings (SSSR count). The van der Waals surface area contributed by atoms with E-state index in [1.54, 1.807) is 19.2 Å². The predicted octanol–water partition coefficient (Wildman–Crippen LogP) is 2.83. The molecule has 0 heterocycles. The molecule has 0 unspecified atom stereocenters. The van der Waals surface area contributed by atoms with Gasteiger partial charge in [0.25, 0.3) is 0 Å². The second-order valence-electron chi connectivity index (χ2n) is 3.28. The van der Waals surface area contributed by atoms with Gasteiger partial charge in [0, 0.05) is 25.7 Å². The Balaban J connectivity index is 2.63. The average molecular weight is 257 g/mol. The van der Waals surface area contributed by atoms with Crippen LogP contribution >= 0.6 is 11.6 Å². The third-order valence-electron chi connectivity index (χ3n) is 1.98. The van der Waals surface area contributed by atoms with E-state index in [9.17, 15) is 4.39 Å². The molecule has 0 atom stereocenters. The molecule has 4 heteroatoms. The summed E-state index contributed by atoms with van der Waals surface area (Å²) < 4.78 is 23.6. The van der Waals surface area contributed by atoms with Gasteiger partial charge in [0.15, 0.2) is 11.6 Å². The molecule has 0 aliphatic carbocycles. The van der Waals surface area contributed by atoms with Crippen molar-refractivity contribution in [3.8, 4) is 17.6 Å². The van der Waals surface area contributed by atoms with Crippen LogP contribution in [0.4, 0.5) is 4.39 Å². The SMILES string of the molecule is COCCCOc1cc(C#CCCl)ccc1F. The third kappa shape index (κ3) is 5.08. The minimum Gasteiger partial charge on any atom is -0.490 e. The van der Waals surface area contributed by atoms with Crippen LogP contribution in [-0.2, 0) is 4.74 Å². The molecule has 1 aromatic rings. The lowest BCUT2D eigenvalue weighted by Gasteiger charge is -2.07. The summed E-state index contributed by atoms with van der Waals surface area (Å²) in [5.74, 6) is 5.59. The molecule has 0 bridgehead atoms. The Morgan fingerprint density at radius 2 is 2.18 bits per heavy atom. The van der Waals surface area contributed by atoms with Crippen molar-refractivity contribution < 1.29 is 13.9 Å². The molecule has 0 aromatic heterocycles. The topological polar surface area (TPSA) is 18.5 Å². The summed E-state index contributed by atoms with van der Waals surface area (Å²) >= 11 is 5.45. The summed E-state index contributed by atoms with van der Waals surface area (Å²) in [6.45, 7) is 1.00. The van der Waals surface area contributed by atoms with Crippen molar-refractivity contribution in [2.45, 2.75) is 6.42 Å². The zero-order chi connectivity index (χ0) is 12.5. The Labute approximate surface area is 106 Å². The largest absolute Gasteiger partial charge is 0.490 e. The van der Waals surface area contributed by atoms with Crippen LogP contribution < -0.4 is 4.74 Å². The van der Waals surface area contributed by atoms with Crippen molar-refractivity contribution in [3.63, 3.8) is 0 Å². The van der Waals surface area contributed by atoms with E-state index in [1.807, 2.05) is 0 Å². The van der Waals surface area contributed by atoms with Crippen LogP contribution in [0.15, 0.2) is 18.2 Å². The van der Waals surface area contributed by atoms with Crippen LogP contribution in [0.25, 0.3) is 0 Å². The molecule has 0 N–H and O–H groups in total. The van der Waals surface area contributed by atoms with Crippen molar-refractivity contribution in [2.75, 3.05) is 26.2 Å². The molecule has 0 saturated carbocycles. The van der Waals surface area contributed by atoms with E-state index in [0.717, 1.165) is 0 Å². The maximum Gasteiger partial charge on any atom is 0.165 e. The van der Waals surface area contributed by atoms with Gasteiger partial charge in [0.2, 0.25) is 0 Å². The summed E-state index contributed by atoms with van der Waals surface area (Å²) in [4.78, 5) is 0. The second kappa shape index (κ2) is 7.94. The summed E-state index contributed by atoms with van der Waals surface area (Å²) in [5.41, 5.74) is 0.689. The Morgan fingerprint density at radius 3 is 2.88 bits per heavy atom. The molecule has 0 aliphatic rings. The molecule has 0 aliphatic heterocycles. The zero-order valence-electron chi connectivity index (χ0n) is 9.63. The van der Waals surface area contributed by atoms with Gasteiger partial charge in [-0.15, -0.1) is 11.6 Å². The standard InChI is InChI=1S/C13H14ClFO2/c1-16-8-3-9-17-13-10-11(4-2-7-14)5-6-12(13)15/h5-6,10H,3,7-9H2,1H3. The molecule has 2 nitrogen and oxygen atoms in total. The number of rotatable bonds is 5. The molecule has 0 amide bonds. The molecule has 92 valence electrons. The normalized spacial score (nSPS) is 9.59. The Hall–Kier alpha value is -1.24. The van der Waals surface area contributed by atoms with Gasteiger partial charge in [-0.3, -0.25) is 0 Å². The number of methoxy groups -OCH3 is 1. The summed E-state index contributed by atoms with van der Waals surface area (Å²) in [5, 5.41) is 0. The van der Waals surface area contributed by atoms with E-state index in [0.29, 0.717) is 25.2 Å². The maximum absolute atomic E-state index is 13.4. The quantitative estimate of drug-likeness (QED) is 0.458. The predicted molar refractivity (Wildman–Crippen MR) is 66.0 cm³/mol. The highest BCUT2D eigenvalue weighted by Gasteiger charge is 2.03. The second-order valence-corrected chi connectivity index (χ2v) is 3.54.